The van der Waals surface area contributed by atoms with Gasteiger partial charge in [-0.2, -0.15) is 0 Å². The van der Waals surface area contributed by atoms with Gasteiger partial charge in [0.15, 0.2) is 0 Å². The van der Waals surface area contributed by atoms with Gasteiger partial charge in [-0.25, -0.2) is 0 Å². The highest BCUT2D eigenvalue weighted by molar-refractivity contribution is 5.29. The molecule has 2 heteroatoms. The molecular formula is C18H29NO. The van der Waals surface area contributed by atoms with Crippen molar-refractivity contribution in [3.63, 3.8) is 0 Å². The summed E-state index contributed by atoms with van der Waals surface area (Å²) in [5, 5.41) is 0. The van der Waals surface area contributed by atoms with Gasteiger partial charge in [0, 0.05) is 6.61 Å². The number of rotatable bonds is 7. The first kappa shape index (κ1) is 15.5. The van der Waals surface area contributed by atoms with Crippen molar-refractivity contribution in [2.75, 3.05) is 6.61 Å². The molecule has 112 valence electrons. The second-order valence-corrected chi connectivity index (χ2v) is 5.98. The lowest BCUT2D eigenvalue weighted by atomic mass is 9.79. The summed E-state index contributed by atoms with van der Waals surface area (Å²) in [6.07, 6.45) is 5.97. The van der Waals surface area contributed by atoms with E-state index in [4.69, 9.17) is 10.5 Å². The molecular weight excluding hydrogens is 246 g/mol. The van der Waals surface area contributed by atoms with Crippen LogP contribution in [0.3, 0.4) is 0 Å². The summed E-state index contributed by atoms with van der Waals surface area (Å²) in [6, 6.07) is 8.89. The molecule has 1 aromatic carbocycles. The molecule has 2 rings (SSSR count). The van der Waals surface area contributed by atoms with Gasteiger partial charge < -0.3 is 10.5 Å². The number of ether oxygens (including phenoxy) is 1. The van der Waals surface area contributed by atoms with Crippen LogP contribution in [0.2, 0.25) is 0 Å². The van der Waals surface area contributed by atoms with Crippen molar-refractivity contribution in [3.8, 4) is 0 Å². The van der Waals surface area contributed by atoms with Crippen LogP contribution < -0.4 is 5.73 Å². The van der Waals surface area contributed by atoms with Gasteiger partial charge in [0.05, 0.1) is 11.6 Å². The Hall–Kier alpha value is -0.860. The minimum atomic E-state index is -0.229. The van der Waals surface area contributed by atoms with E-state index in [9.17, 15) is 0 Å². The fraction of sp³-hybridized carbons (Fsp3) is 0.667. The fourth-order valence-electron chi connectivity index (χ4n) is 3.29. The Morgan fingerprint density at radius 2 is 1.75 bits per heavy atom. The molecule has 1 saturated carbocycles. The predicted molar refractivity (Wildman–Crippen MR) is 84.9 cm³/mol. The standard InChI is InChI=1S/C18H29NO/c1-4-18(5-2,20-6-3)17(19)16-12-10-15(11-13-16)14-8-7-9-14/h10-14,17H,4-9,19H2,1-3H3. The molecule has 20 heavy (non-hydrogen) atoms. The average Bonchev–Trinajstić information content (AvgIpc) is 2.43. The molecule has 1 aliphatic rings. The van der Waals surface area contributed by atoms with E-state index in [0.29, 0.717) is 0 Å². The Bertz CT molecular complexity index is 404. The molecule has 2 nitrogen and oxygen atoms in total. The average molecular weight is 275 g/mol. The quantitative estimate of drug-likeness (QED) is 0.792. The van der Waals surface area contributed by atoms with Gasteiger partial charge in [-0.3, -0.25) is 0 Å². The normalized spacial score (nSPS) is 17.8. The van der Waals surface area contributed by atoms with E-state index in [1.165, 1.54) is 30.4 Å². The molecule has 1 aromatic rings. The summed E-state index contributed by atoms with van der Waals surface area (Å²) in [6.45, 7) is 7.10. The summed E-state index contributed by atoms with van der Waals surface area (Å²) in [7, 11) is 0. The fourth-order valence-corrected chi connectivity index (χ4v) is 3.29. The summed E-state index contributed by atoms with van der Waals surface area (Å²) < 4.78 is 6.03. The first-order valence-electron chi connectivity index (χ1n) is 8.16. The van der Waals surface area contributed by atoms with Gasteiger partial charge in [-0.1, -0.05) is 44.5 Å². The summed E-state index contributed by atoms with van der Waals surface area (Å²) in [5.41, 5.74) is 8.97. The minimum Gasteiger partial charge on any atom is -0.373 e. The molecule has 1 aliphatic carbocycles. The lowest BCUT2D eigenvalue weighted by Crippen LogP contribution is -2.43. The molecule has 0 amide bonds. The SMILES string of the molecule is CCOC(CC)(CC)C(N)c1ccc(C2CCC2)cc1. The van der Waals surface area contributed by atoms with Crippen LogP contribution >= 0.6 is 0 Å². The molecule has 0 saturated heterocycles. The molecule has 0 heterocycles. The molecule has 1 fully saturated rings. The van der Waals surface area contributed by atoms with Crippen LogP contribution in [0, 0.1) is 0 Å². The van der Waals surface area contributed by atoms with E-state index >= 15 is 0 Å². The zero-order valence-corrected chi connectivity index (χ0v) is 13.2. The van der Waals surface area contributed by atoms with Crippen molar-refractivity contribution in [3.05, 3.63) is 35.4 Å². The van der Waals surface area contributed by atoms with Crippen molar-refractivity contribution in [1.82, 2.24) is 0 Å². The highest BCUT2D eigenvalue weighted by atomic mass is 16.5. The zero-order chi connectivity index (χ0) is 14.6. The molecule has 1 atom stereocenters. The van der Waals surface area contributed by atoms with Crippen molar-refractivity contribution < 1.29 is 4.74 Å². The van der Waals surface area contributed by atoms with E-state index in [-0.39, 0.29) is 11.6 Å². The molecule has 1 unspecified atom stereocenters. The predicted octanol–water partition coefficient (Wildman–Crippen LogP) is 4.55. The van der Waals surface area contributed by atoms with Gasteiger partial charge in [-0.15, -0.1) is 0 Å². The lowest BCUT2D eigenvalue weighted by molar-refractivity contribution is -0.0645. The zero-order valence-electron chi connectivity index (χ0n) is 13.2. The van der Waals surface area contributed by atoms with Crippen LogP contribution in [-0.4, -0.2) is 12.2 Å². The van der Waals surface area contributed by atoms with Crippen LogP contribution in [0.1, 0.15) is 76.0 Å². The number of hydrogen-bond donors (Lipinski definition) is 1. The van der Waals surface area contributed by atoms with Crippen molar-refractivity contribution >= 4 is 0 Å². The lowest BCUT2D eigenvalue weighted by Gasteiger charge is -2.37. The minimum absolute atomic E-state index is 0.0482. The van der Waals surface area contributed by atoms with Crippen LogP contribution in [0.4, 0.5) is 0 Å². The van der Waals surface area contributed by atoms with Crippen molar-refractivity contribution in [1.29, 1.82) is 0 Å². The Balaban J connectivity index is 2.15. The van der Waals surface area contributed by atoms with E-state index in [1.54, 1.807) is 0 Å². The Morgan fingerprint density at radius 1 is 1.15 bits per heavy atom. The van der Waals surface area contributed by atoms with E-state index in [1.807, 2.05) is 6.92 Å². The van der Waals surface area contributed by atoms with Gasteiger partial charge in [0.2, 0.25) is 0 Å². The molecule has 2 N–H and O–H groups in total. The highest BCUT2D eigenvalue weighted by Crippen LogP contribution is 2.38. The molecule has 0 bridgehead atoms. The smallest absolute Gasteiger partial charge is 0.0868 e. The van der Waals surface area contributed by atoms with Gasteiger partial charge in [0.25, 0.3) is 0 Å². The van der Waals surface area contributed by atoms with E-state index in [2.05, 4.69) is 38.1 Å². The van der Waals surface area contributed by atoms with E-state index in [0.717, 1.165) is 25.4 Å². The van der Waals surface area contributed by atoms with Crippen LogP contribution in [0.15, 0.2) is 24.3 Å². The van der Waals surface area contributed by atoms with E-state index < -0.39 is 0 Å². The first-order chi connectivity index (χ1) is 9.66. The maximum atomic E-state index is 6.53. The van der Waals surface area contributed by atoms with Gasteiger partial charge in [-0.05, 0) is 49.7 Å². The molecule has 0 aliphatic heterocycles. The van der Waals surface area contributed by atoms with Gasteiger partial charge >= 0.3 is 0 Å². The Kier molecular flexibility index (Phi) is 5.22. The van der Waals surface area contributed by atoms with Crippen LogP contribution in [-0.2, 0) is 4.74 Å². The summed E-state index contributed by atoms with van der Waals surface area (Å²) >= 11 is 0. The molecule has 0 aromatic heterocycles. The number of benzene rings is 1. The third kappa shape index (κ3) is 2.91. The molecule has 0 spiro atoms. The number of nitrogens with two attached hydrogens (primary N) is 1. The molecule has 0 radical (unpaired) electrons. The third-order valence-electron chi connectivity index (χ3n) is 5.07. The maximum absolute atomic E-state index is 6.53. The topological polar surface area (TPSA) is 35.2 Å². The summed E-state index contributed by atoms with van der Waals surface area (Å²) in [4.78, 5) is 0. The largest absolute Gasteiger partial charge is 0.373 e. The van der Waals surface area contributed by atoms with Gasteiger partial charge in [0.1, 0.15) is 0 Å². The van der Waals surface area contributed by atoms with Crippen LogP contribution in [0.25, 0.3) is 0 Å². The van der Waals surface area contributed by atoms with Crippen molar-refractivity contribution in [2.45, 2.75) is 70.4 Å². The monoisotopic (exact) mass is 275 g/mol. The number of hydrogen-bond acceptors (Lipinski definition) is 2. The Morgan fingerprint density at radius 3 is 2.15 bits per heavy atom. The first-order valence-corrected chi connectivity index (χ1v) is 8.16. The third-order valence-corrected chi connectivity index (χ3v) is 5.07. The van der Waals surface area contributed by atoms with Crippen LogP contribution in [0.5, 0.6) is 0 Å². The summed E-state index contributed by atoms with van der Waals surface area (Å²) in [5.74, 6) is 0.786. The van der Waals surface area contributed by atoms with Crippen molar-refractivity contribution in [2.24, 2.45) is 5.73 Å². The Labute approximate surface area is 123 Å². The maximum Gasteiger partial charge on any atom is 0.0868 e. The second kappa shape index (κ2) is 6.73. The highest BCUT2D eigenvalue weighted by Gasteiger charge is 2.35. The second-order valence-electron chi connectivity index (χ2n) is 5.98.